The number of rotatable bonds is 7. The molecule has 0 heterocycles. The Bertz CT molecular complexity index is 835. The monoisotopic (exact) mass is 397 g/mol. The van der Waals surface area contributed by atoms with Gasteiger partial charge in [-0.05, 0) is 44.0 Å². The normalized spacial score (nSPS) is 12.6. The van der Waals surface area contributed by atoms with Crippen LogP contribution in [0.15, 0.2) is 54.6 Å². The molecule has 29 heavy (non-hydrogen) atoms. The van der Waals surface area contributed by atoms with Crippen molar-refractivity contribution in [2.45, 2.75) is 39.8 Å². The highest BCUT2D eigenvalue weighted by atomic mass is 16.5. The summed E-state index contributed by atoms with van der Waals surface area (Å²) in [4.78, 5) is 37.1. The number of ether oxygens (including phenoxy) is 1. The van der Waals surface area contributed by atoms with E-state index in [1.54, 1.807) is 50.2 Å². The number of esters is 1. The molecule has 3 N–H and O–H groups in total. The lowest BCUT2D eigenvalue weighted by molar-refractivity contribution is -0.156. The summed E-state index contributed by atoms with van der Waals surface area (Å²) in [6.07, 6.45) is -1.01. The molecule has 2 aromatic carbocycles. The molecule has 2 atom stereocenters. The third-order valence-corrected chi connectivity index (χ3v) is 4.22. The fourth-order valence-corrected chi connectivity index (χ4v) is 2.51. The van der Waals surface area contributed by atoms with Crippen molar-refractivity contribution >= 4 is 29.3 Å². The molecule has 0 aromatic heterocycles. The second kappa shape index (κ2) is 10.3. The van der Waals surface area contributed by atoms with Gasteiger partial charge in [0.2, 0.25) is 0 Å². The summed E-state index contributed by atoms with van der Waals surface area (Å²) in [5, 5.41) is 7.97. The molecule has 0 bridgehead atoms. The van der Waals surface area contributed by atoms with Crippen LogP contribution in [0.4, 0.5) is 16.2 Å². The highest BCUT2D eigenvalue weighted by Gasteiger charge is 2.29. The van der Waals surface area contributed by atoms with Crippen molar-refractivity contribution in [2.24, 2.45) is 5.92 Å². The van der Waals surface area contributed by atoms with E-state index in [0.29, 0.717) is 11.4 Å². The molecule has 2 aromatic rings. The Morgan fingerprint density at radius 1 is 0.828 bits per heavy atom. The topological polar surface area (TPSA) is 96.5 Å². The smallest absolute Gasteiger partial charge is 0.329 e. The quantitative estimate of drug-likeness (QED) is 0.621. The van der Waals surface area contributed by atoms with Gasteiger partial charge in [0, 0.05) is 11.4 Å². The molecule has 7 heteroatoms. The molecule has 0 aliphatic rings. The maximum absolute atomic E-state index is 12.5. The molecule has 0 aliphatic heterocycles. The minimum Gasteiger partial charge on any atom is -0.451 e. The number of carbonyl (C=O) groups is 3. The first-order valence-corrected chi connectivity index (χ1v) is 9.47. The summed E-state index contributed by atoms with van der Waals surface area (Å²) in [7, 11) is 0. The SMILES string of the molecule is Cc1ccc(NC(=O)[C@H](C)OC(=O)[C@@H](NC(=O)Nc2ccccc2)C(C)C)cc1. The molecule has 0 aliphatic carbocycles. The number of para-hydroxylation sites is 1. The number of hydrogen-bond acceptors (Lipinski definition) is 4. The fraction of sp³-hybridized carbons (Fsp3) is 0.318. The van der Waals surface area contributed by atoms with Crippen molar-refractivity contribution in [1.82, 2.24) is 5.32 Å². The Balaban J connectivity index is 1.92. The van der Waals surface area contributed by atoms with Crippen molar-refractivity contribution in [1.29, 1.82) is 0 Å². The van der Waals surface area contributed by atoms with Crippen LogP contribution in [0.1, 0.15) is 26.3 Å². The molecule has 7 nitrogen and oxygen atoms in total. The summed E-state index contributed by atoms with van der Waals surface area (Å²) in [6, 6.07) is 14.8. The molecule has 0 unspecified atom stereocenters. The van der Waals surface area contributed by atoms with E-state index in [0.717, 1.165) is 5.56 Å². The number of amides is 3. The molecular weight excluding hydrogens is 370 g/mol. The first-order valence-electron chi connectivity index (χ1n) is 9.47. The van der Waals surface area contributed by atoms with Crippen molar-refractivity contribution in [3.05, 3.63) is 60.2 Å². The van der Waals surface area contributed by atoms with Gasteiger partial charge < -0.3 is 20.7 Å². The van der Waals surface area contributed by atoms with E-state index >= 15 is 0 Å². The van der Waals surface area contributed by atoms with Gasteiger partial charge in [-0.1, -0.05) is 49.7 Å². The van der Waals surface area contributed by atoms with E-state index in [9.17, 15) is 14.4 Å². The van der Waals surface area contributed by atoms with E-state index in [2.05, 4.69) is 16.0 Å². The minimum absolute atomic E-state index is 0.226. The first kappa shape index (κ1) is 21.9. The average Bonchev–Trinajstić information content (AvgIpc) is 2.68. The standard InChI is InChI=1S/C22H27N3O4/c1-14(2)19(25-22(28)24-17-8-6-5-7-9-17)21(27)29-16(4)20(26)23-18-12-10-15(3)11-13-18/h5-14,16,19H,1-4H3,(H,23,26)(H2,24,25,28)/t16-,19-/m0/s1. The number of anilines is 2. The van der Waals surface area contributed by atoms with Gasteiger partial charge in [-0.3, -0.25) is 4.79 Å². The van der Waals surface area contributed by atoms with Crippen LogP contribution in [0.3, 0.4) is 0 Å². The van der Waals surface area contributed by atoms with E-state index in [4.69, 9.17) is 4.74 Å². The Hall–Kier alpha value is -3.35. The Morgan fingerprint density at radius 3 is 2.00 bits per heavy atom. The van der Waals surface area contributed by atoms with Crippen molar-refractivity contribution in [3.63, 3.8) is 0 Å². The Labute approximate surface area is 170 Å². The van der Waals surface area contributed by atoms with E-state index in [1.807, 2.05) is 25.1 Å². The lowest BCUT2D eigenvalue weighted by atomic mass is 10.0. The van der Waals surface area contributed by atoms with Gasteiger partial charge in [0.25, 0.3) is 5.91 Å². The van der Waals surface area contributed by atoms with Gasteiger partial charge in [0.05, 0.1) is 0 Å². The highest BCUT2D eigenvalue weighted by molar-refractivity contribution is 5.96. The number of aryl methyl sites for hydroxylation is 1. The van der Waals surface area contributed by atoms with Crippen LogP contribution < -0.4 is 16.0 Å². The van der Waals surface area contributed by atoms with Crippen molar-refractivity contribution in [3.8, 4) is 0 Å². The van der Waals surface area contributed by atoms with Crippen LogP contribution in [-0.4, -0.2) is 30.1 Å². The maximum Gasteiger partial charge on any atom is 0.329 e. The summed E-state index contributed by atoms with van der Waals surface area (Å²) in [5.41, 5.74) is 2.29. The zero-order chi connectivity index (χ0) is 21.4. The molecule has 0 radical (unpaired) electrons. The third-order valence-electron chi connectivity index (χ3n) is 4.22. The van der Waals surface area contributed by atoms with Crippen LogP contribution in [0.2, 0.25) is 0 Å². The second-order valence-corrected chi connectivity index (χ2v) is 7.12. The van der Waals surface area contributed by atoms with Crippen LogP contribution in [0.25, 0.3) is 0 Å². The zero-order valence-electron chi connectivity index (χ0n) is 17.1. The molecule has 0 saturated carbocycles. The number of hydrogen-bond donors (Lipinski definition) is 3. The van der Waals surface area contributed by atoms with Crippen LogP contribution >= 0.6 is 0 Å². The number of carbonyl (C=O) groups excluding carboxylic acids is 3. The second-order valence-electron chi connectivity index (χ2n) is 7.12. The van der Waals surface area contributed by atoms with Gasteiger partial charge >= 0.3 is 12.0 Å². The van der Waals surface area contributed by atoms with E-state index in [1.165, 1.54) is 6.92 Å². The number of benzene rings is 2. The maximum atomic E-state index is 12.5. The van der Waals surface area contributed by atoms with Gasteiger partial charge in [-0.25, -0.2) is 9.59 Å². The highest BCUT2D eigenvalue weighted by Crippen LogP contribution is 2.12. The van der Waals surface area contributed by atoms with Crippen molar-refractivity contribution < 1.29 is 19.1 Å². The van der Waals surface area contributed by atoms with E-state index in [-0.39, 0.29) is 5.92 Å². The van der Waals surface area contributed by atoms with E-state index < -0.39 is 30.1 Å². The molecule has 3 amide bonds. The summed E-state index contributed by atoms with van der Waals surface area (Å²) >= 11 is 0. The van der Waals surface area contributed by atoms with Crippen LogP contribution in [0, 0.1) is 12.8 Å². The molecule has 154 valence electrons. The van der Waals surface area contributed by atoms with Gasteiger partial charge in [0.15, 0.2) is 6.10 Å². The van der Waals surface area contributed by atoms with Gasteiger partial charge in [-0.2, -0.15) is 0 Å². The van der Waals surface area contributed by atoms with Crippen molar-refractivity contribution in [2.75, 3.05) is 10.6 Å². The predicted octanol–water partition coefficient (Wildman–Crippen LogP) is 3.71. The fourth-order valence-electron chi connectivity index (χ4n) is 2.51. The number of nitrogens with one attached hydrogen (secondary N) is 3. The Morgan fingerprint density at radius 2 is 1.41 bits per heavy atom. The lowest BCUT2D eigenvalue weighted by Crippen LogP contribution is -2.48. The lowest BCUT2D eigenvalue weighted by Gasteiger charge is -2.23. The average molecular weight is 397 g/mol. The van der Waals surface area contributed by atoms with Crippen LogP contribution in [-0.2, 0) is 14.3 Å². The molecule has 0 spiro atoms. The Kier molecular flexibility index (Phi) is 7.77. The van der Waals surface area contributed by atoms with Gasteiger partial charge in [-0.15, -0.1) is 0 Å². The first-order chi connectivity index (χ1) is 13.8. The predicted molar refractivity (Wildman–Crippen MR) is 113 cm³/mol. The molecule has 0 fully saturated rings. The zero-order valence-corrected chi connectivity index (χ0v) is 17.1. The third kappa shape index (κ3) is 6.95. The largest absolute Gasteiger partial charge is 0.451 e. The molecule has 0 saturated heterocycles. The molecular formula is C22H27N3O4. The molecule has 2 rings (SSSR count). The summed E-state index contributed by atoms with van der Waals surface area (Å²) in [5.74, 6) is -1.34. The van der Waals surface area contributed by atoms with Gasteiger partial charge in [0.1, 0.15) is 6.04 Å². The minimum atomic E-state index is -1.01. The number of urea groups is 1. The summed E-state index contributed by atoms with van der Waals surface area (Å²) < 4.78 is 5.29. The van der Waals surface area contributed by atoms with Crippen LogP contribution in [0.5, 0.6) is 0 Å². The summed E-state index contributed by atoms with van der Waals surface area (Å²) in [6.45, 7) is 7.00.